The van der Waals surface area contributed by atoms with E-state index in [1.165, 1.54) is 11.3 Å². The highest BCUT2D eigenvalue weighted by molar-refractivity contribution is 9.10. The molecule has 0 aliphatic carbocycles. The Morgan fingerprint density at radius 2 is 1.87 bits per heavy atom. The molecule has 0 saturated heterocycles. The van der Waals surface area contributed by atoms with Crippen LogP contribution >= 0.6 is 38.6 Å². The van der Waals surface area contributed by atoms with Crippen LogP contribution in [0.5, 0.6) is 5.75 Å². The van der Waals surface area contributed by atoms with Gasteiger partial charge in [-0.3, -0.25) is 14.6 Å². The van der Waals surface area contributed by atoms with Gasteiger partial charge in [-0.15, -0.1) is 22.7 Å². The molecule has 0 bridgehead atoms. The smallest absolute Gasteiger partial charge is 0.286 e. The summed E-state index contributed by atoms with van der Waals surface area (Å²) in [7, 11) is 0. The van der Waals surface area contributed by atoms with Gasteiger partial charge in [-0.25, -0.2) is 6.57 Å². The van der Waals surface area contributed by atoms with Gasteiger partial charge in [0.15, 0.2) is 5.78 Å². The predicted molar refractivity (Wildman–Crippen MR) is 130 cm³/mol. The number of thiophene rings is 2. The molecular formula is C23H19BrN2O3S2. The molecule has 5 nitrogen and oxygen atoms in total. The molecule has 1 N–H and O–H groups in total. The summed E-state index contributed by atoms with van der Waals surface area (Å²) < 4.78 is 0.960. The molecule has 8 heteroatoms. The quantitative estimate of drug-likeness (QED) is 0.211. The molecule has 1 atom stereocenters. The molecule has 31 heavy (non-hydrogen) atoms. The Morgan fingerprint density at radius 3 is 2.52 bits per heavy atom. The highest BCUT2D eigenvalue weighted by Gasteiger charge is 2.25. The molecule has 0 spiro atoms. The van der Waals surface area contributed by atoms with Crippen LogP contribution < -0.4 is 0 Å². The molecule has 1 unspecified atom stereocenters. The van der Waals surface area contributed by atoms with Crippen molar-refractivity contribution in [3.05, 3.63) is 73.0 Å². The third-order valence-corrected chi connectivity index (χ3v) is 7.38. The van der Waals surface area contributed by atoms with Crippen LogP contribution in [0, 0.1) is 6.57 Å². The average molecular weight is 515 g/mol. The Morgan fingerprint density at radius 1 is 1.19 bits per heavy atom. The number of hydrogen-bond donors (Lipinski definition) is 1. The molecule has 0 aliphatic rings. The molecule has 2 aromatic heterocycles. The number of halogens is 1. The van der Waals surface area contributed by atoms with Crippen molar-refractivity contribution in [3.63, 3.8) is 0 Å². The summed E-state index contributed by atoms with van der Waals surface area (Å²) in [4.78, 5) is 34.1. The maximum Gasteiger partial charge on any atom is 0.286 e. The van der Waals surface area contributed by atoms with Crippen molar-refractivity contribution in [2.45, 2.75) is 26.3 Å². The van der Waals surface area contributed by atoms with Crippen LogP contribution in [0.2, 0.25) is 0 Å². The lowest BCUT2D eigenvalue weighted by atomic mass is 10.1. The molecule has 158 valence electrons. The number of ketones is 2. The molecule has 3 aromatic rings. The zero-order valence-corrected chi connectivity index (χ0v) is 20.1. The summed E-state index contributed by atoms with van der Waals surface area (Å²) in [6.07, 6.45) is 0.444. The second kappa shape index (κ2) is 10.1. The molecule has 3 rings (SSSR count). The van der Waals surface area contributed by atoms with E-state index in [2.05, 4.69) is 25.8 Å². The molecule has 2 heterocycles. The number of carbonyl (C=O) groups excluding carboxylic acids is 2. The number of benzene rings is 1. The van der Waals surface area contributed by atoms with Crippen molar-refractivity contribution < 1.29 is 14.7 Å². The summed E-state index contributed by atoms with van der Waals surface area (Å²) in [5.41, 5.74) is 2.07. The van der Waals surface area contributed by atoms with Crippen molar-refractivity contribution in [2.24, 2.45) is 4.99 Å². The van der Waals surface area contributed by atoms with Crippen LogP contribution in [-0.2, 0) is 0 Å². The van der Waals surface area contributed by atoms with E-state index in [1.807, 2.05) is 29.6 Å². The van der Waals surface area contributed by atoms with Crippen LogP contribution in [0.1, 0.15) is 45.2 Å². The minimum Gasteiger partial charge on any atom is -0.506 e. The zero-order valence-electron chi connectivity index (χ0n) is 16.9. The summed E-state index contributed by atoms with van der Waals surface area (Å²) in [6.45, 7) is 10.6. The molecule has 0 amide bonds. The summed E-state index contributed by atoms with van der Waals surface area (Å²) in [6, 6.07) is 10.2. The lowest BCUT2D eigenvalue weighted by molar-refractivity contribution is 0.0976. The van der Waals surface area contributed by atoms with Crippen LogP contribution in [0.15, 0.2) is 51.2 Å². The summed E-state index contributed by atoms with van der Waals surface area (Å²) in [5.74, 6) is -0.304. The van der Waals surface area contributed by atoms with Gasteiger partial charge >= 0.3 is 0 Å². The van der Waals surface area contributed by atoms with Gasteiger partial charge in [-0.2, -0.15) is 0 Å². The fourth-order valence-electron chi connectivity index (χ4n) is 2.89. The lowest BCUT2D eigenvalue weighted by Gasteiger charge is -2.02. The van der Waals surface area contributed by atoms with E-state index >= 15 is 0 Å². The van der Waals surface area contributed by atoms with Gasteiger partial charge in [0.1, 0.15) is 12.3 Å². The largest absolute Gasteiger partial charge is 0.506 e. The number of carbonyl (C=O) groups is 2. The molecule has 0 aliphatic heterocycles. The minimum atomic E-state index is -0.705. The van der Waals surface area contributed by atoms with Gasteiger partial charge in [0.2, 0.25) is 0 Å². The topological polar surface area (TPSA) is 71.1 Å². The van der Waals surface area contributed by atoms with Crippen molar-refractivity contribution >= 4 is 55.9 Å². The van der Waals surface area contributed by atoms with Crippen molar-refractivity contribution in [1.29, 1.82) is 0 Å². The molecule has 0 radical (unpaired) electrons. The highest BCUT2D eigenvalue weighted by atomic mass is 79.9. The van der Waals surface area contributed by atoms with Crippen molar-refractivity contribution in [3.8, 4) is 16.2 Å². The van der Waals surface area contributed by atoms with E-state index in [4.69, 9.17) is 6.57 Å². The Balaban J connectivity index is 1.73. The van der Waals surface area contributed by atoms with Crippen LogP contribution in [0.25, 0.3) is 15.3 Å². The number of Topliss-reactive ketones (excluding diaryl/α,β-unsaturated/α-hetero) is 2. The Kier molecular flexibility index (Phi) is 7.55. The zero-order chi connectivity index (χ0) is 22.5. The number of nitrogens with zero attached hydrogens (tertiary/aromatic N) is 2. The van der Waals surface area contributed by atoms with Gasteiger partial charge in [0.25, 0.3) is 11.8 Å². The van der Waals surface area contributed by atoms with E-state index in [1.54, 1.807) is 26.0 Å². The third kappa shape index (κ3) is 5.18. The first kappa shape index (κ1) is 23.1. The van der Waals surface area contributed by atoms with Crippen molar-refractivity contribution in [2.75, 3.05) is 6.54 Å². The third-order valence-electron chi connectivity index (χ3n) is 4.69. The normalized spacial score (nSPS) is 12.4. The van der Waals surface area contributed by atoms with E-state index in [9.17, 15) is 14.7 Å². The first-order chi connectivity index (χ1) is 14.8. The first-order valence-corrected chi connectivity index (χ1v) is 12.0. The molecular weight excluding hydrogens is 496 g/mol. The highest BCUT2D eigenvalue weighted by Crippen LogP contribution is 2.39. The Hall–Kier alpha value is -2.60. The fourth-order valence-corrected chi connectivity index (χ4v) is 5.09. The number of aromatic hydroxyl groups is 1. The molecule has 1 aromatic carbocycles. The second-order valence-corrected chi connectivity index (χ2v) is 9.62. The van der Waals surface area contributed by atoms with Crippen LogP contribution in [0.4, 0.5) is 0 Å². The van der Waals surface area contributed by atoms with Gasteiger partial charge in [0.05, 0.1) is 14.6 Å². The minimum absolute atomic E-state index is 0.0804. The maximum absolute atomic E-state index is 12.5. The lowest BCUT2D eigenvalue weighted by Crippen LogP contribution is -2.14. The van der Waals surface area contributed by atoms with E-state index < -0.39 is 6.04 Å². The van der Waals surface area contributed by atoms with Crippen LogP contribution in [0.3, 0.4) is 0 Å². The molecule has 0 saturated carbocycles. The Bertz CT molecular complexity index is 1190. The number of aliphatic imine (C=N–C) groups is 1. The van der Waals surface area contributed by atoms with Crippen LogP contribution in [-0.4, -0.2) is 35.0 Å². The predicted octanol–water partition coefficient (Wildman–Crippen LogP) is 6.52. The van der Waals surface area contributed by atoms with Gasteiger partial charge < -0.3 is 9.95 Å². The van der Waals surface area contributed by atoms with E-state index in [0.29, 0.717) is 27.5 Å². The average Bonchev–Trinajstić information content (AvgIpc) is 3.40. The number of rotatable bonds is 8. The van der Waals surface area contributed by atoms with Crippen molar-refractivity contribution in [1.82, 2.24) is 0 Å². The SMILES string of the molecule is [C-]#[N+]C(CC)C(=O)c1ccc(C(=O)CN=C(C)c2csc(-c3ccc(Br)cc3)c2O)s1. The standard InChI is InChI=1S/C23H19BrN2O3S2/c1-4-17(25-3)22(29)20-10-9-19(31-20)18(27)11-26-13(2)16-12-30-23(21(16)28)14-5-7-15(24)8-6-14/h5-10,12,17,28H,4,11H2,1-2H3. The fraction of sp³-hybridized carbons (Fsp3) is 0.217. The van der Waals surface area contributed by atoms with E-state index in [-0.39, 0.29) is 23.9 Å². The van der Waals surface area contributed by atoms with Gasteiger partial charge in [0, 0.05) is 27.5 Å². The maximum atomic E-state index is 12.5. The summed E-state index contributed by atoms with van der Waals surface area (Å²) in [5, 5.41) is 12.5. The van der Waals surface area contributed by atoms with Gasteiger partial charge in [-0.1, -0.05) is 35.0 Å². The first-order valence-electron chi connectivity index (χ1n) is 9.47. The monoisotopic (exact) mass is 514 g/mol. The Labute approximate surface area is 197 Å². The number of hydrogen-bond acceptors (Lipinski definition) is 6. The summed E-state index contributed by atoms with van der Waals surface area (Å²) >= 11 is 5.92. The van der Waals surface area contributed by atoms with Gasteiger partial charge in [-0.05, 0) is 36.8 Å². The second-order valence-electron chi connectivity index (χ2n) is 6.74. The molecule has 0 fully saturated rings. The van der Waals surface area contributed by atoms with E-state index in [0.717, 1.165) is 26.3 Å².